The number of nitrogens with zero attached hydrogens (tertiary/aromatic N) is 1. The average molecular weight is 293 g/mol. The second-order valence-electron chi connectivity index (χ2n) is 4.98. The van der Waals surface area contributed by atoms with Crippen LogP contribution in [0.5, 0.6) is 0 Å². The quantitative estimate of drug-likeness (QED) is 0.807. The lowest BCUT2D eigenvalue weighted by Gasteiger charge is -2.34. The van der Waals surface area contributed by atoms with E-state index in [2.05, 4.69) is 10.3 Å². The molecular formula is C13H16ClF3N2. The Bertz CT molecular complexity index is 428. The lowest BCUT2D eigenvalue weighted by atomic mass is 9.84. The smallest absolute Gasteiger partial charge is 0.379 e. The van der Waals surface area contributed by atoms with Gasteiger partial charge in [-0.2, -0.15) is 13.2 Å². The average Bonchev–Trinajstić information content (AvgIpc) is 2.33. The van der Waals surface area contributed by atoms with Crippen molar-refractivity contribution < 1.29 is 13.2 Å². The van der Waals surface area contributed by atoms with E-state index in [-0.39, 0.29) is 11.6 Å². The molecule has 0 aliphatic heterocycles. The first-order valence-corrected chi connectivity index (χ1v) is 6.71. The van der Waals surface area contributed by atoms with Crippen molar-refractivity contribution in [2.75, 3.05) is 5.32 Å². The zero-order chi connectivity index (χ0) is 14.0. The Balaban J connectivity index is 2.20. The van der Waals surface area contributed by atoms with Gasteiger partial charge in [0.2, 0.25) is 0 Å². The summed E-state index contributed by atoms with van der Waals surface area (Å²) in [5.74, 6) is -1.31. The molecule has 0 bridgehead atoms. The third-order valence-electron chi connectivity index (χ3n) is 3.63. The first kappa shape index (κ1) is 14.4. The van der Waals surface area contributed by atoms with E-state index < -0.39 is 18.1 Å². The Hall–Kier alpha value is -0.970. The molecule has 1 heterocycles. The molecule has 1 aliphatic carbocycles. The predicted molar refractivity (Wildman–Crippen MR) is 69.4 cm³/mol. The third-order valence-corrected chi connectivity index (χ3v) is 3.92. The van der Waals surface area contributed by atoms with Gasteiger partial charge in [-0.1, -0.05) is 24.4 Å². The molecule has 2 rings (SSSR count). The fraction of sp³-hybridized carbons (Fsp3) is 0.615. The molecule has 6 heteroatoms. The Morgan fingerprint density at radius 2 is 2.00 bits per heavy atom. The fourth-order valence-electron chi connectivity index (χ4n) is 2.58. The van der Waals surface area contributed by atoms with Crippen molar-refractivity contribution in [2.45, 2.75) is 44.8 Å². The number of pyridine rings is 1. The Kier molecular flexibility index (Phi) is 4.23. The van der Waals surface area contributed by atoms with Crippen molar-refractivity contribution in [1.29, 1.82) is 0 Å². The summed E-state index contributed by atoms with van der Waals surface area (Å²) in [5.41, 5.74) is 1.33. The molecule has 106 valence electrons. The van der Waals surface area contributed by atoms with Crippen molar-refractivity contribution in [3.8, 4) is 0 Å². The summed E-state index contributed by atoms with van der Waals surface area (Å²) in [5, 5.41) is 3.19. The fourth-order valence-corrected chi connectivity index (χ4v) is 2.84. The first-order chi connectivity index (χ1) is 8.89. The van der Waals surface area contributed by atoms with E-state index in [1.807, 2.05) is 0 Å². The molecule has 2 atom stereocenters. The maximum Gasteiger partial charge on any atom is 0.393 e. The highest BCUT2D eigenvalue weighted by atomic mass is 35.5. The molecule has 0 amide bonds. The second kappa shape index (κ2) is 5.57. The van der Waals surface area contributed by atoms with Crippen molar-refractivity contribution in [3.05, 3.63) is 23.0 Å². The van der Waals surface area contributed by atoms with Crippen LogP contribution in [-0.2, 0) is 0 Å². The van der Waals surface area contributed by atoms with E-state index >= 15 is 0 Å². The van der Waals surface area contributed by atoms with Crippen LogP contribution in [0.25, 0.3) is 0 Å². The van der Waals surface area contributed by atoms with Gasteiger partial charge in [-0.25, -0.2) is 4.98 Å². The standard InChI is InChI=1S/C13H16ClF3N2/c1-8-6-7-18-12(14)11(8)19-10-5-3-2-4-9(10)13(15,16)17/h6-7,9-10,19H,2-5H2,1H3. The summed E-state index contributed by atoms with van der Waals surface area (Å²) in [4.78, 5) is 3.91. The molecule has 1 saturated carbocycles. The van der Waals surface area contributed by atoms with Gasteiger partial charge in [0, 0.05) is 12.2 Å². The van der Waals surface area contributed by atoms with Crippen LogP contribution in [0.15, 0.2) is 12.3 Å². The van der Waals surface area contributed by atoms with Gasteiger partial charge < -0.3 is 5.32 Å². The largest absolute Gasteiger partial charge is 0.393 e. The maximum atomic E-state index is 13.0. The Labute approximate surface area is 115 Å². The van der Waals surface area contributed by atoms with E-state index in [0.717, 1.165) is 12.0 Å². The van der Waals surface area contributed by atoms with Crippen molar-refractivity contribution >= 4 is 17.3 Å². The highest BCUT2D eigenvalue weighted by Crippen LogP contribution is 2.39. The molecule has 2 unspecified atom stereocenters. The lowest BCUT2D eigenvalue weighted by molar-refractivity contribution is -0.184. The molecule has 1 aromatic rings. The van der Waals surface area contributed by atoms with Gasteiger partial charge in [0.15, 0.2) is 5.15 Å². The van der Waals surface area contributed by atoms with Crippen molar-refractivity contribution in [1.82, 2.24) is 4.98 Å². The number of alkyl halides is 3. The highest BCUT2D eigenvalue weighted by molar-refractivity contribution is 6.32. The molecule has 0 aromatic carbocycles. The number of hydrogen-bond acceptors (Lipinski definition) is 2. The van der Waals surface area contributed by atoms with Crippen LogP contribution in [0.2, 0.25) is 5.15 Å². The van der Waals surface area contributed by atoms with Crippen molar-refractivity contribution in [3.63, 3.8) is 0 Å². The highest BCUT2D eigenvalue weighted by Gasteiger charge is 2.45. The number of nitrogens with one attached hydrogen (secondary N) is 1. The van der Waals surface area contributed by atoms with Crippen LogP contribution in [0.3, 0.4) is 0 Å². The minimum absolute atomic E-state index is 0.179. The van der Waals surface area contributed by atoms with E-state index in [0.29, 0.717) is 18.5 Å². The van der Waals surface area contributed by atoms with Crippen LogP contribution < -0.4 is 5.32 Å². The molecule has 1 fully saturated rings. The third kappa shape index (κ3) is 3.32. The number of aromatic nitrogens is 1. The van der Waals surface area contributed by atoms with Gasteiger partial charge in [0.25, 0.3) is 0 Å². The molecule has 2 nitrogen and oxygen atoms in total. The summed E-state index contributed by atoms with van der Waals surface area (Å²) < 4.78 is 39.0. The number of halogens is 4. The van der Waals surface area contributed by atoms with E-state index in [9.17, 15) is 13.2 Å². The van der Waals surface area contributed by atoms with Crippen LogP contribution in [0.1, 0.15) is 31.2 Å². The van der Waals surface area contributed by atoms with Gasteiger partial charge in [-0.3, -0.25) is 0 Å². The van der Waals surface area contributed by atoms with Crippen LogP contribution >= 0.6 is 11.6 Å². The molecular weight excluding hydrogens is 277 g/mol. The SMILES string of the molecule is Cc1ccnc(Cl)c1NC1CCCCC1C(F)(F)F. The number of anilines is 1. The summed E-state index contributed by atoms with van der Waals surface area (Å²) >= 11 is 5.96. The molecule has 0 spiro atoms. The van der Waals surface area contributed by atoms with E-state index in [1.165, 1.54) is 0 Å². The zero-order valence-electron chi connectivity index (χ0n) is 10.6. The van der Waals surface area contributed by atoms with Crippen LogP contribution in [0, 0.1) is 12.8 Å². The summed E-state index contributed by atoms with van der Waals surface area (Å²) in [6.45, 7) is 1.81. The van der Waals surface area contributed by atoms with E-state index in [4.69, 9.17) is 11.6 Å². The van der Waals surface area contributed by atoms with Gasteiger partial charge >= 0.3 is 6.18 Å². The van der Waals surface area contributed by atoms with Gasteiger partial charge in [-0.15, -0.1) is 0 Å². The Morgan fingerprint density at radius 3 is 2.63 bits per heavy atom. The topological polar surface area (TPSA) is 24.9 Å². The number of rotatable bonds is 2. The predicted octanol–water partition coefficient (Wildman–Crippen LogP) is 4.58. The minimum atomic E-state index is -4.17. The molecule has 1 aromatic heterocycles. The summed E-state index contributed by atoms with van der Waals surface area (Å²) in [7, 11) is 0. The normalized spacial score (nSPS) is 24.3. The van der Waals surface area contributed by atoms with Gasteiger partial charge in [0.05, 0.1) is 11.6 Å². The molecule has 19 heavy (non-hydrogen) atoms. The van der Waals surface area contributed by atoms with Crippen LogP contribution in [0.4, 0.5) is 18.9 Å². The first-order valence-electron chi connectivity index (χ1n) is 6.34. The Morgan fingerprint density at radius 1 is 1.32 bits per heavy atom. The minimum Gasteiger partial charge on any atom is -0.379 e. The number of hydrogen-bond donors (Lipinski definition) is 1. The molecule has 0 radical (unpaired) electrons. The summed E-state index contributed by atoms with van der Waals surface area (Å²) in [6.07, 6.45) is -0.498. The monoisotopic (exact) mass is 292 g/mol. The number of aryl methyl sites for hydroxylation is 1. The lowest BCUT2D eigenvalue weighted by Crippen LogP contribution is -2.41. The maximum absolute atomic E-state index is 13.0. The van der Waals surface area contributed by atoms with E-state index in [1.54, 1.807) is 19.2 Å². The zero-order valence-corrected chi connectivity index (χ0v) is 11.4. The second-order valence-corrected chi connectivity index (χ2v) is 5.34. The summed E-state index contributed by atoms with van der Waals surface area (Å²) in [6, 6.07) is 1.12. The molecule has 1 N–H and O–H groups in total. The molecule has 0 saturated heterocycles. The molecule has 1 aliphatic rings. The van der Waals surface area contributed by atoms with Gasteiger partial charge in [-0.05, 0) is 31.4 Å². The van der Waals surface area contributed by atoms with Crippen molar-refractivity contribution in [2.24, 2.45) is 5.92 Å². The van der Waals surface area contributed by atoms with Crippen LogP contribution in [-0.4, -0.2) is 17.2 Å². The van der Waals surface area contributed by atoms with Gasteiger partial charge in [0.1, 0.15) is 0 Å².